The molecule has 4 nitrogen and oxygen atoms in total. The summed E-state index contributed by atoms with van der Waals surface area (Å²) in [6.45, 7) is 0. The van der Waals surface area contributed by atoms with Gasteiger partial charge in [0, 0.05) is 24.1 Å². The van der Waals surface area contributed by atoms with Crippen molar-refractivity contribution >= 4 is 18.1 Å². The Morgan fingerprint density at radius 2 is 1.87 bits per heavy atom. The number of hydrogen-bond donors (Lipinski definition) is 0. The van der Waals surface area contributed by atoms with Crippen LogP contribution < -0.4 is 0 Å². The average molecular weight is 333 g/mol. The van der Waals surface area contributed by atoms with E-state index in [0.29, 0.717) is 6.04 Å². The van der Waals surface area contributed by atoms with Gasteiger partial charge in [-0.2, -0.15) is 0 Å². The number of nitrogens with zero attached hydrogens (tertiary/aromatic N) is 2. The molecular formula is C18H21ClN2O2. The minimum Gasteiger partial charge on any atom is -0.306 e. The molecule has 0 amide bonds. The van der Waals surface area contributed by atoms with Gasteiger partial charge >= 0.3 is 0 Å². The Bertz CT molecular complexity index is 703. The Morgan fingerprint density at radius 3 is 2.57 bits per heavy atom. The van der Waals surface area contributed by atoms with Gasteiger partial charge in [-0.05, 0) is 43.6 Å². The van der Waals surface area contributed by atoms with Gasteiger partial charge in [-0.1, -0.05) is 36.4 Å². The fourth-order valence-corrected chi connectivity index (χ4v) is 3.36. The topological polar surface area (TPSA) is 46.4 Å². The molecule has 0 bridgehead atoms. The summed E-state index contributed by atoms with van der Waals surface area (Å²) >= 11 is 0. The normalized spacial score (nSPS) is 19.8. The molecule has 1 aliphatic rings. The third-order valence-corrected chi connectivity index (χ3v) is 4.61. The number of nitro groups is 1. The second-order valence-corrected chi connectivity index (χ2v) is 6.16. The van der Waals surface area contributed by atoms with Crippen molar-refractivity contribution in [3.63, 3.8) is 0 Å². The zero-order chi connectivity index (χ0) is 15.7. The Balaban J connectivity index is 0.00000192. The molecule has 0 unspecified atom stereocenters. The van der Waals surface area contributed by atoms with Crippen molar-refractivity contribution < 1.29 is 4.92 Å². The maximum absolute atomic E-state index is 11.1. The van der Waals surface area contributed by atoms with E-state index in [1.807, 2.05) is 6.07 Å². The molecule has 23 heavy (non-hydrogen) atoms. The lowest BCUT2D eigenvalue weighted by atomic mass is 9.76. The summed E-state index contributed by atoms with van der Waals surface area (Å²) in [7, 11) is 4.20. The van der Waals surface area contributed by atoms with Crippen LogP contribution in [0.5, 0.6) is 0 Å². The Kier molecular flexibility index (Phi) is 5.39. The Morgan fingerprint density at radius 1 is 1.13 bits per heavy atom. The zero-order valence-corrected chi connectivity index (χ0v) is 14.1. The molecule has 0 aromatic heterocycles. The van der Waals surface area contributed by atoms with Gasteiger partial charge in [0.1, 0.15) is 0 Å². The summed E-state index contributed by atoms with van der Waals surface area (Å²) in [5.74, 6) is 0.220. The molecule has 2 atom stereocenters. The van der Waals surface area contributed by atoms with Crippen LogP contribution in [0.2, 0.25) is 0 Å². The van der Waals surface area contributed by atoms with Crippen LogP contribution in [0.3, 0.4) is 0 Å². The van der Waals surface area contributed by atoms with Crippen LogP contribution in [0.1, 0.15) is 29.0 Å². The van der Waals surface area contributed by atoms with Crippen molar-refractivity contribution in [1.82, 2.24) is 4.90 Å². The fourth-order valence-electron chi connectivity index (χ4n) is 3.36. The molecule has 0 N–H and O–H groups in total. The van der Waals surface area contributed by atoms with Crippen LogP contribution in [-0.4, -0.2) is 30.0 Å². The van der Waals surface area contributed by atoms with Crippen molar-refractivity contribution in [2.45, 2.75) is 24.8 Å². The van der Waals surface area contributed by atoms with Crippen LogP contribution in [0.15, 0.2) is 48.5 Å². The quantitative estimate of drug-likeness (QED) is 0.630. The van der Waals surface area contributed by atoms with Crippen molar-refractivity contribution in [3.05, 3.63) is 75.3 Å². The number of likely N-dealkylation sites (N-methyl/N-ethyl adjacent to an activating group) is 1. The van der Waals surface area contributed by atoms with Gasteiger partial charge in [0.15, 0.2) is 0 Å². The van der Waals surface area contributed by atoms with Crippen molar-refractivity contribution in [2.24, 2.45) is 0 Å². The van der Waals surface area contributed by atoms with Gasteiger partial charge in [-0.3, -0.25) is 10.1 Å². The highest BCUT2D eigenvalue weighted by molar-refractivity contribution is 5.85. The predicted octanol–water partition coefficient (Wildman–Crippen LogP) is 4.02. The van der Waals surface area contributed by atoms with E-state index in [4.69, 9.17) is 0 Å². The molecule has 0 heterocycles. The molecule has 0 saturated heterocycles. The van der Waals surface area contributed by atoms with Crippen LogP contribution in [0.4, 0.5) is 5.69 Å². The van der Waals surface area contributed by atoms with Crippen molar-refractivity contribution in [3.8, 4) is 0 Å². The number of non-ortho nitro benzene ring substituents is 1. The first-order chi connectivity index (χ1) is 10.6. The number of hydrogen-bond acceptors (Lipinski definition) is 3. The minimum absolute atomic E-state index is 0. The van der Waals surface area contributed by atoms with E-state index in [0.717, 1.165) is 18.4 Å². The highest BCUT2D eigenvalue weighted by Gasteiger charge is 2.29. The zero-order valence-electron chi connectivity index (χ0n) is 13.3. The molecule has 1 aliphatic carbocycles. The van der Waals surface area contributed by atoms with Crippen LogP contribution in [0, 0.1) is 10.1 Å². The molecule has 0 fully saturated rings. The van der Waals surface area contributed by atoms with Gasteiger partial charge in [0.25, 0.3) is 5.69 Å². The Labute approximate surface area is 142 Å². The number of nitro benzene ring substituents is 1. The summed E-state index contributed by atoms with van der Waals surface area (Å²) in [4.78, 5) is 13.0. The summed E-state index contributed by atoms with van der Waals surface area (Å²) in [5.41, 5.74) is 3.86. The summed E-state index contributed by atoms with van der Waals surface area (Å²) in [6, 6.07) is 16.0. The van der Waals surface area contributed by atoms with Crippen molar-refractivity contribution in [2.75, 3.05) is 14.1 Å². The lowest BCUT2D eigenvalue weighted by Gasteiger charge is -2.35. The predicted molar refractivity (Wildman–Crippen MR) is 94.4 cm³/mol. The summed E-state index contributed by atoms with van der Waals surface area (Å²) < 4.78 is 0. The molecule has 2 aromatic rings. The second kappa shape index (κ2) is 7.11. The lowest BCUT2D eigenvalue weighted by molar-refractivity contribution is -0.384. The van der Waals surface area contributed by atoms with E-state index in [1.54, 1.807) is 18.2 Å². The van der Waals surface area contributed by atoms with Crippen molar-refractivity contribution in [1.29, 1.82) is 0 Å². The van der Waals surface area contributed by atoms with Gasteiger partial charge in [-0.15, -0.1) is 12.4 Å². The molecule has 0 aliphatic heterocycles. The van der Waals surface area contributed by atoms with Crippen LogP contribution in [0.25, 0.3) is 0 Å². The third-order valence-electron chi connectivity index (χ3n) is 4.61. The smallest absolute Gasteiger partial charge is 0.269 e. The first-order valence-electron chi connectivity index (χ1n) is 7.55. The number of halogens is 1. The van der Waals surface area contributed by atoms with Gasteiger partial charge in [0.2, 0.25) is 0 Å². The summed E-state index contributed by atoms with van der Waals surface area (Å²) in [5, 5.41) is 11.1. The lowest BCUT2D eigenvalue weighted by Crippen LogP contribution is -2.35. The summed E-state index contributed by atoms with van der Waals surface area (Å²) in [6.07, 6.45) is 2.03. The molecule has 2 aromatic carbocycles. The molecule has 0 spiro atoms. The second-order valence-electron chi connectivity index (χ2n) is 6.16. The number of benzene rings is 2. The maximum Gasteiger partial charge on any atom is 0.269 e. The highest BCUT2D eigenvalue weighted by Crippen LogP contribution is 2.38. The van der Waals surface area contributed by atoms with E-state index < -0.39 is 0 Å². The fraction of sp³-hybridized carbons (Fsp3) is 0.333. The van der Waals surface area contributed by atoms with Gasteiger partial charge in [-0.25, -0.2) is 0 Å². The van der Waals surface area contributed by atoms with Gasteiger partial charge < -0.3 is 4.90 Å². The number of fused-ring (bicyclic) bond motifs is 1. The van der Waals surface area contributed by atoms with E-state index in [-0.39, 0.29) is 28.9 Å². The minimum atomic E-state index is -0.318. The van der Waals surface area contributed by atoms with E-state index >= 15 is 0 Å². The van der Waals surface area contributed by atoms with Gasteiger partial charge in [0.05, 0.1) is 4.92 Å². The molecule has 0 radical (unpaired) electrons. The third kappa shape index (κ3) is 3.54. The highest BCUT2D eigenvalue weighted by atomic mass is 35.5. The first kappa shape index (κ1) is 17.4. The average Bonchev–Trinajstić information content (AvgIpc) is 2.53. The molecular weight excluding hydrogens is 312 g/mol. The van der Waals surface area contributed by atoms with E-state index in [2.05, 4.69) is 43.3 Å². The first-order valence-corrected chi connectivity index (χ1v) is 7.55. The molecule has 3 rings (SSSR count). The van der Waals surface area contributed by atoms with E-state index in [1.165, 1.54) is 11.1 Å². The number of rotatable bonds is 3. The molecule has 0 saturated carbocycles. The SMILES string of the molecule is CN(C)[C@@H]1Cc2ccccc2[C@@H](c2cccc([N+](=O)[O-])c2)C1.Cl. The van der Waals surface area contributed by atoms with Crippen LogP contribution in [-0.2, 0) is 6.42 Å². The maximum atomic E-state index is 11.1. The van der Waals surface area contributed by atoms with E-state index in [9.17, 15) is 10.1 Å². The molecule has 122 valence electrons. The molecule has 5 heteroatoms. The standard InChI is InChI=1S/C18H20N2O2.ClH/c1-19(2)16-11-13-6-3-4-9-17(13)18(12-16)14-7-5-8-15(10-14)20(21)22;/h3-10,16,18H,11-12H2,1-2H3;1H/t16-,18-;/m1./s1. The monoisotopic (exact) mass is 332 g/mol. The van der Waals surface area contributed by atoms with Crippen LogP contribution >= 0.6 is 12.4 Å². The largest absolute Gasteiger partial charge is 0.306 e. The Hall–Kier alpha value is -1.91.